The number of fused-ring (bicyclic) bond motifs is 1. The van der Waals surface area contributed by atoms with Crippen LogP contribution in [0, 0.1) is 5.92 Å². The Hall–Kier alpha value is -3.78. The minimum absolute atomic E-state index is 0.00926. The Labute approximate surface area is 188 Å². The van der Waals surface area contributed by atoms with Crippen molar-refractivity contribution in [2.45, 2.75) is 25.3 Å². The van der Waals surface area contributed by atoms with E-state index in [2.05, 4.69) is 4.74 Å². The number of ether oxygens (including phenoxy) is 1. The number of hydrogen-bond donors (Lipinski definition) is 0. The van der Waals surface area contributed by atoms with E-state index < -0.39 is 30.6 Å². The maximum Gasteiger partial charge on any atom is 0.387 e. The molecule has 8 heteroatoms. The lowest BCUT2D eigenvalue weighted by Gasteiger charge is -2.28. The van der Waals surface area contributed by atoms with E-state index in [0.717, 1.165) is 5.56 Å². The molecule has 0 bridgehead atoms. The van der Waals surface area contributed by atoms with E-state index in [9.17, 15) is 18.4 Å². The summed E-state index contributed by atoms with van der Waals surface area (Å²) in [6.45, 7) is -2.77. The molecule has 0 saturated carbocycles. The van der Waals surface area contributed by atoms with Gasteiger partial charge >= 0.3 is 6.61 Å². The largest absolute Gasteiger partial charge is 0.435 e. The van der Waals surface area contributed by atoms with Crippen LogP contribution in [0.4, 0.5) is 14.5 Å². The summed E-state index contributed by atoms with van der Waals surface area (Å²) >= 11 is 0. The van der Waals surface area contributed by atoms with Gasteiger partial charge in [-0.1, -0.05) is 60.7 Å². The fraction of sp³-hybridized carbons (Fsp3) is 0.200. The lowest BCUT2D eigenvalue weighted by molar-refractivity contribution is -0.143. The molecule has 33 heavy (non-hydrogen) atoms. The summed E-state index contributed by atoms with van der Waals surface area (Å²) in [4.78, 5) is 33.9. The zero-order chi connectivity index (χ0) is 22.9. The van der Waals surface area contributed by atoms with Crippen molar-refractivity contribution in [1.29, 1.82) is 0 Å². The average molecular weight is 450 g/mol. The number of carbonyl (C=O) groups is 2. The van der Waals surface area contributed by atoms with Crippen LogP contribution in [0.15, 0.2) is 84.9 Å². The number of halogens is 2. The molecule has 2 saturated heterocycles. The molecule has 0 spiro atoms. The molecule has 2 aliphatic heterocycles. The molecule has 3 atom stereocenters. The van der Waals surface area contributed by atoms with Gasteiger partial charge in [0, 0.05) is 0 Å². The molecule has 0 aliphatic carbocycles. The normalized spacial score (nSPS) is 22.2. The van der Waals surface area contributed by atoms with E-state index in [-0.39, 0.29) is 18.2 Å². The van der Waals surface area contributed by atoms with E-state index in [0.29, 0.717) is 11.3 Å². The van der Waals surface area contributed by atoms with Gasteiger partial charge in [-0.25, -0.2) is 5.06 Å². The molecule has 0 N–H and O–H groups in total. The smallest absolute Gasteiger partial charge is 0.387 e. The third-order valence-electron chi connectivity index (χ3n) is 5.85. The number of rotatable bonds is 6. The first-order valence-electron chi connectivity index (χ1n) is 10.5. The van der Waals surface area contributed by atoms with Crippen LogP contribution in [-0.2, 0) is 21.0 Å². The molecule has 6 nitrogen and oxygen atoms in total. The van der Waals surface area contributed by atoms with Gasteiger partial charge in [0.15, 0.2) is 6.10 Å². The SMILES string of the molecule is O=C1[C@H]2[C@H](ON(c3ccccc3)[C@H]2c2ccc(OC(F)F)cc2)C(=O)N1Cc1ccccc1. The number of anilines is 1. The van der Waals surface area contributed by atoms with Gasteiger partial charge in [-0.15, -0.1) is 0 Å². The van der Waals surface area contributed by atoms with Gasteiger partial charge in [-0.05, 0) is 35.4 Å². The maximum absolute atomic E-state index is 13.4. The second-order valence-electron chi connectivity index (χ2n) is 7.85. The van der Waals surface area contributed by atoms with Gasteiger partial charge in [0.25, 0.3) is 5.91 Å². The van der Waals surface area contributed by atoms with Crippen LogP contribution in [0.25, 0.3) is 0 Å². The summed E-state index contributed by atoms with van der Waals surface area (Å²) in [5.41, 5.74) is 2.17. The molecule has 5 rings (SSSR count). The summed E-state index contributed by atoms with van der Waals surface area (Å²) < 4.78 is 29.6. The molecule has 0 unspecified atom stereocenters. The minimum atomic E-state index is -2.93. The lowest BCUT2D eigenvalue weighted by atomic mass is 9.90. The van der Waals surface area contributed by atoms with Crippen molar-refractivity contribution in [1.82, 2.24) is 4.90 Å². The zero-order valence-electron chi connectivity index (χ0n) is 17.4. The first kappa shape index (κ1) is 21.1. The zero-order valence-corrected chi connectivity index (χ0v) is 17.4. The fourth-order valence-electron chi connectivity index (χ4n) is 4.38. The van der Waals surface area contributed by atoms with E-state index in [4.69, 9.17) is 4.84 Å². The minimum Gasteiger partial charge on any atom is -0.435 e. The molecule has 168 valence electrons. The molecule has 3 aromatic rings. The Morgan fingerprint density at radius 3 is 2.12 bits per heavy atom. The van der Waals surface area contributed by atoms with Gasteiger partial charge in [0.1, 0.15) is 11.7 Å². The van der Waals surface area contributed by atoms with Crippen LogP contribution in [-0.4, -0.2) is 29.4 Å². The number of likely N-dealkylation sites (tertiary alicyclic amines) is 1. The molecule has 2 fully saturated rings. The number of para-hydroxylation sites is 1. The van der Waals surface area contributed by atoms with Gasteiger partial charge in [0.2, 0.25) is 5.91 Å². The molecule has 3 aromatic carbocycles. The van der Waals surface area contributed by atoms with E-state index in [1.54, 1.807) is 17.2 Å². The Morgan fingerprint density at radius 1 is 0.848 bits per heavy atom. The molecule has 2 heterocycles. The highest BCUT2D eigenvalue weighted by Gasteiger charge is 2.59. The first-order chi connectivity index (χ1) is 16.0. The number of carbonyl (C=O) groups excluding carboxylic acids is 2. The second-order valence-corrected chi connectivity index (χ2v) is 7.85. The summed E-state index contributed by atoms with van der Waals surface area (Å²) in [5, 5.41) is 1.56. The Balaban J connectivity index is 1.49. The quantitative estimate of drug-likeness (QED) is 0.523. The number of hydroxylamine groups is 1. The molecule has 2 amide bonds. The highest BCUT2D eigenvalue weighted by Crippen LogP contribution is 2.47. The fourth-order valence-corrected chi connectivity index (χ4v) is 4.38. The topological polar surface area (TPSA) is 59.1 Å². The van der Waals surface area contributed by atoms with Crippen LogP contribution in [0.3, 0.4) is 0 Å². The Kier molecular flexibility index (Phi) is 5.51. The van der Waals surface area contributed by atoms with Crippen molar-refractivity contribution in [3.05, 3.63) is 96.1 Å². The summed E-state index contributed by atoms with van der Waals surface area (Å²) in [6, 6.07) is 23.9. The highest BCUT2D eigenvalue weighted by atomic mass is 19.3. The molecular formula is C25H20F2N2O4. The Bertz CT molecular complexity index is 1140. The van der Waals surface area contributed by atoms with Crippen LogP contribution >= 0.6 is 0 Å². The van der Waals surface area contributed by atoms with Crippen molar-refractivity contribution >= 4 is 17.5 Å². The van der Waals surface area contributed by atoms with Crippen LogP contribution in [0.2, 0.25) is 0 Å². The third-order valence-corrected chi connectivity index (χ3v) is 5.85. The number of alkyl halides is 2. The predicted molar refractivity (Wildman–Crippen MR) is 115 cm³/mol. The summed E-state index contributed by atoms with van der Waals surface area (Å²) in [6.07, 6.45) is -0.969. The summed E-state index contributed by atoms with van der Waals surface area (Å²) in [7, 11) is 0. The lowest BCUT2D eigenvalue weighted by Crippen LogP contribution is -2.36. The molecule has 0 aromatic heterocycles. The predicted octanol–water partition coefficient (Wildman–Crippen LogP) is 4.33. The summed E-state index contributed by atoms with van der Waals surface area (Å²) in [5.74, 6) is -1.49. The number of amides is 2. The highest BCUT2D eigenvalue weighted by molar-refractivity contribution is 6.07. The second kappa shape index (κ2) is 8.63. The first-order valence-corrected chi connectivity index (χ1v) is 10.5. The number of benzene rings is 3. The van der Waals surface area contributed by atoms with Gasteiger partial charge in [0.05, 0.1) is 18.3 Å². The Morgan fingerprint density at radius 2 is 1.48 bits per heavy atom. The van der Waals surface area contributed by atoms with Crippen molar-refractivity contribution < 1.29 is 27.9 Å². The molecule has 0 radical (unpaired) electrons. The molecule has 2 aliphatic rings. The monoisotopic (exact) mass is 450 g/mol. The van der Waals surface area contributed by atoms with Crippen molar-refractivity contribution in [2.24, 2.45) is 5.92 Å². The number of nitrogens with zero attached hydrogens (tertiary/aromatic N) is 2. The van der Waals surface area contributed by atoms with Crippen molar-refractivity contribution in [3.63, 3.8) is 0 Å². The number of hydrogen-bond acceptors (Lipinski definition) is 5. The van der Waals surface area contributed by atoms with Crippen LogP contribution < -0.4 is 9.80 Å². The van der Waals surface area contributed by atoms with Crippen LogP contribution in [0.5, 0.6) is 5.75 Å². The number of imide groups is 1. The van der Waals surface area contributed by atoms with E-state index >= 15 is 0 Å². The maximum atomic E-state index is 13.4. The van der Waals surface area contributed by atoms with Crippen LogP contribution in [0.1, 0.15) is 17.2 Å². The van der Waals surface area contributed by atoms with Crippen molar-refractivity contribution in [3.8, 4) is 5.75 Å². The van der Waals surface area contributed by atoms with Gasteiger partial charge in [-0.3, -0.25) is 19.3 Å². The van der Waals surface area contributed by atoms with Gasteiger partial charge in [-0.2, -0.15) is 8.78 Å². The van der Waals surface area contributed by atoms with Crippen molar-refractivity contribution in [2.75, 3.05) is 5.06 Å². The standard InChI is InChI=1S/C25H20F2N2O4/c26-25(27)32-19-13-11-17(12-14-19)21-20-22(33-29(21)18-9-5-2-6-10-18)24(31)28(23(20)30)15-16-7-3-1-4-8-16/h1-14,20-22,25H,15H2/t20-,21+,22+/m1/s1. The van der Waals surface area contributed by atoms with Gasteiger partial charge < -0.3 is 4.74 Å². The van der Waals surface area contributed by atoms with E-state index in [1.807, 2.05) is 60.7 Å². The van der Waals surface area contributed by atoms with E-state index in [1.165, 1.54) is 17.0 Å². The average Bonchev–Trinajstić information content (AvgIpc) is 3.33. The molecular weight excluding hydrogens is 430 g/mol. The third kappa shape index (κ3) is 3.93.